The van der Waals surface area contributed by atoms with Gasteiger partial charge in [-0.15, -0.1) is 11.3 Å². The smallest absolute Gasteiger partial charge is 0.150 e. The number of anilines is 1. The maximum absolute atomic E-state index is 14.1. The minimum Gasteiger partial charge on any atom is -0.348 e. The molecule has 4 rings (SSSR count). The predicted molar refractivity (Wildman–Crippen MR) is 88.0 cm³/mol. The third kappa shape index (κ3) is 2.44. The predicted octanol–water partition coefficient (Wildman–Crippen LogP) is 4.65. The first kappa shape index (κ1) is 13.9. The molecule has 3 aromatic rings. The summed E-state index contributed by atoms with van der Waals surface area (Å²) in [6, 6.07) is 7.19. The first-order valence-electron chi connectivity index (χ1n) is 7.12. The summed E-state index contributed by atoms with van der Waals surface area (Å²) in [5.74, 6) is 0.608. The minimum atomic E-state index is -0.269. The number of fused-ring (bicyclic) bond motifs is 1. The van der Waals surface area contributed by atoms with Crippen molar-refractivity contribution in [3.63, 3.8) is 0 Å². The normalized spacial score (nSPS) is 14.5. The van der Waals surface area contributed by atoms with Crippen LogP contribution in [0.2, 0.25) is 5.02 Å². The van der Waals surface area contributed by atoms with Gasteiger partial charge in [0.15, 0.2) is 5.82 Å². The number of hydrogen-bond acceptors (Lipinski definition) is 4. The lowest BCUT2D eigenvalue weighted by atomic mass is 10.2. The Morgan fingerprint density at radius 2 is 2.14 bits per heavy atom. The van der Waals surface area contributed by atoms with Crippen molar-refractivity contribution in [3.8, 4) is 0 Å². The molecular weight excluding hydrogens is 321 g/mol. The van der Waals surface area contributed by atoms with Crippen LogP contribution in [0.1, 0.15) is 18.4 Å². The molecule has 0 bridgehead atoms. The molecule has 0 amide bonds. The summed E-state index contributed by atoms with van der Waals surface area (Å²) in [5, 5.41) is 2.46. The van der Waals surface area contributed by atoms with E-state index in [4.69, 9.17) is 11.6 Å². The molecule has 0 spiro atoms. The van der Waals surface area contributed by atoms with E-state index < -0.39 is 0 Å². The Hall–Kier alpha value is -1.72. The van der Waals surface area contributed by atoms with Gasteiger partial charge in [-0.05, 0) is 36.4 Å². The second-order valence-corrected chi connectivity index (χ2v) is 6.71. The Kier molecular flexibility index (Phi) is 3.47. The molecule has 1 aromatic carbocycles. The summed E-state index contributed by atoms with van der Waals surface area (Å²) in [6.45, 7) is 0.431. The Balaban J connectivity index is 1.77. The van der Waals surface area contributed by atoms with Gasteiger partial charge in [-0.2, -0.15) is 0 Å². The number of rotatable bonds is 4. The fourth-order valence-electron chi connectivity index (χ4n) is 2.60. The highest BCUT2D eigenvalue weighted by Gasteiger charge is 2.32. The van der Waals surface area contributed by atoms with Gasteiger partial charge in [-0.25, -0.2) is 14.4 Å². The van der Waals surface area contributed by atoms with Gasteiger partial charge in [0.1, 0.15) is 12.1 Å². The highest BCUT2D eigenvalue weighted by atomic mass is 35.5. The van der Waals surface area contributed by atoms with Gasteiger partial charge in [-0.3, -0.25) is 0 Å². The van der Waals surface area contributed by atoms with Crippen molar-refractivity contribution in [3.05, 3.63) is 52.4 Å². The molecule has 0 atom stereocenters. The summed E-state index contributed by atoms with van der Waals surface area (Å²) in [4.78, 5) is 10.9. The molecule has 6 heteroatoms. The fourth-order valence-corrected chi connectivity index (χ4v) is 3.67. The van der Waals surface area contributed by atoms with Crippen LogP contribution in [-0.2, 0) is 6.54 Å². The third-order valence-electron chi connectivity index (χ3n) is 3.87. The quantitative estimate of drug-likeness (QED) is 0.695. The molecule has 1 fully saturated rings. The molecule has 112 valence electrons. The molecule has 22 heavy (non-hydrogen) atoms. The molecule has 3 nitrogen and oxygen atoms in total. The zero-order valence-corrected chi connectivity index (χ0v) is 13.2. The van der Waals surface area contributed by atoms with Crippen LogP contribution >= 0.6 is 22.9 Å². The second kappa shape index (κ2) is 5.48. The van der Waals surface area contributed by atoms with E-state index in [1.54, 1.807) is 29.8 Å². The molecule has 0 unspecified atom stereocenters. The molecule has 2 aromatic heterocycles. The largest absolute Gasteiger partial charge is 0.348 e. The second-order valence-electron chi connectivity index (χ2n) is 5.39. The summed E-state index contributed by atoms with van der Waals surface area (Å²) in [5.41, 5.74) is 1.46. The first-order valence-corrected chi connectivity index (χ1v) is 8.37. The maximum atomic E-state index is 14.1. The van der Waals surface area contributed by atoms with Gasteiger partial charge < -0.3 is 4.90 Å². The van der Waals surface area contributed by atoms with Crippen LogP contribution in [0.4, 0.5) is 10.2 Å². The molecule has 2 heterocycles. The van der Waals surface area contributed by atoms with Gasteiger partial charge in [0, 0.05) is 23.2 Å². The zero-order valence-electron chi connectivity index (χ0n) is 11.7. The van der Waals surface area contributed by atoms with Crippen molar-refractivity contribution in [2.24, 2.45) is 0 Å². The van der Waals surface area contributed by atoms with Crippen LogP contribution < -0.4 is 4.90 Å². The van der Waals surface area contributed by atoms with E-state index in [1.165, 1.54) is 6.07 Å². The van der Waals surface area contributed by atoms with Crippen molar-refractivity contribution >= 4 is 39.0 Å². The van der Waals surface area contributed by atoms with Gasteiger partial charge in [0.05, 0.1) is 10.2 Å². The highest BCUT2D eigenvalue weighted by Crippen LogP contribution is 2.37. The molecule has 1 aliphatic carbocycles. The number of thiophene rings is 1. The maximum Gasteiger partial charge on any atom is 0.150 e. The van der Waals surface area contributed by atoms with Crippen LogP contribution in [-0.4, -0.2) is 16.0 Å². The Bertz CT molecular complexity index is 811. The summed E-state index contributed by atoms with van der Waals surface area (Å²) in [7, 11) is 0. The van der Waals surface area contributed by atoms with Crippen molar-refractivity contribution in [1.29, 1.82) is 0 Å². The number of nitrogens with zero attached hydrogens (tertiary/aromatic N) is 3. The molecule has 1 saturated carbocycles. The lowest BCUT2D eigenvalue weighted by Gasteiger charge is -2.24. The van der Waals surface area contributed by atoms with E-state index in [9.17, 15) is 4.39 Å². The zero-order chi connectivity index (χ0) is 15.1. The van der Waals surface area contributed by atoms with Gasteiger partial charge in [0.25, 0.3) is 0 Å². The molecular formula is C16H13ClFN3S. The molecule has 0 N–H and O–H groups in total. The van der Waals surface area contributed by atoms with E-state index in [2.05, 4.69) is 14.9 Å². The van der Waals surface area contributed by atoms with Crippen LogP contribution in [0.5, 0.6) is 0 Å². The van der Waals surface area contributed by atoms with Crippen molar-refractivity contribution in [2.75, 3.05) is 4.90 Å². The van der Waals surface area contributed by atoms with Crippen molar-refractivity contribution in [2.45, 2.75) is 25.4 Å². The van der Waals surface area contributed by atoms with Crippen LogP contribution in [0.3, 0.4) is 0 Å². The average Bonchev–Trinajstić information content (AvgIpc) is 3.23. The molecule has 0 radical (unpaired) electrons. The molecule has 0 aliphatic heterocycles. The van der Waals surface area contributed by atoms with E-state index in [0.29, 0.717) is 23.2 Å². The van der Waals surface area contributed by atoms with Gasteiger partial charge in [0.2, 0.25) is 0 Å². The van der Waals surface area contributed by atoms with E-state index >= 15 is 0 Å². The topological polar surface area (TPSA) is 29.0 Å². The standard InChI is InChI=1S/C16H13ClFN3S/c17-12-2-1-3-13(18)11(12)8-21(10-4-5-10)16-15-14(6-7-22-15)19-9-20-16/h1-3,6-7,9-10H,4-5,8H2. The molecule has 1 aliphatic rings. The summed E-state index contributed by atoms with van der Waals surface area (Å²) >= 11 is 7.80. The van der Waals surface area contributed by atoms with Gasteiger partial charge >= 0.3 is 0 Å². The van der Waals surface area contributed by atoms with Crippen LogP contribution in [0, 0.1) is 5.82 Å². The highest BCUT2D eigenvalue weighted by molar-refractivity contribution is 7.17. The number of aromatic nitrogens is 2. The van der Waals surface area contributed by atoms with E-state index in [-0.39, 0.29) is 5.82 Å². The fraction of sp³-hybridized carbons (Fsp3) is 0.250. The monoisotopic (exact) mass is 333 g/mol. The lowest BCUT2D eigenvalue weighted by molar-refractivity contribution is 0.603. The van der Waals surface area contributed by atoms with Crippen molar-refractivity contribution < 1.29 is 4.39 Å². The number of hydrogen-bond donors (Lipinski definition) is 0. The Morgan fingerprint density at radius 1 is 1.27 bits per heavy atom. The van der Waals surface area contributed by atoms with Gasteiger partial charge in [-0.1, -0.05) is 17.7 Å². The summed E-state index contributed by atoms with van der Waals surface area (Å²) in [6.07, 6.45) is 3.77. The molecule has 0 saturated heterocycles. The Labute approximate surface area is 136 Å². The van der Waals surface area contributed by atoms with Crippen molar-refractivity contribution in [1.82, 2.24) is 9.97 Å². The Morgan fingerprint density at radius 3 is 2.91 bits per heavy atom. The summed E-state index contributed by atoms with van der Waals surface area (Å²) < 4.78 is 15.2. The first-order chi connectivity index (χ1) is 10.7. The van der Waals surface area contributed by atoms with Crippen LogP contribution in [0.25, 0.3) is 10.2 Å². The lowest BCUT2D eigenvalue weighted by Crippen LogP contribution is -2.26. The average molecular weight is 334 g/mol. The number of halogens is 2. The van der Waals surface area contributed by atoms with E-state index in [0.717, 1.165) is 28.9 Å². The third-order valence-corrected chi connectivity index (χ3v) is 5.13. The number of benzene rings is 1. The van der Waals surface area contributed by atoms with Crippen LogP contribution in [0.15, 0.2) is 36.0 Å². The SMILES string of the molecule is Fc1cccc(Cl)c1CN(c1ncnc2ccsc12)C1CC1. The minimum absolute atomic E-state index is 0.269. The van der Waals surface area contributed by atoms with E-state index in [1.807, 2.05) is 11.4 Å².